The van der Waals surface area contributed by atoms with Gasteiger partial charge in [-0.2, -0.15) is 13.2 Å². The molecule has 2 aromatic carbocycles. The number of piperidine rings is 1. The van der Waals surface area contributed by atoms with Gasteiger partial charge >= 0.3 is 6.18 Å². The predicted molar refractivity (Wildman–Crippen MR) is 171 cm³/mol. The van der Waals surface area contributed by atoms with E-state index < -0.39 is 11.7 Å². The molecule has 1 aliphatic rings. The predicted octanol–water partition coefficient (Wildman–Crippen LogP) is 7.83. The molecule has 0 saturated carbocycles. The summed E-state index contributed by atoms with van der Waals surface area (Å²) in [7, 11) is 1.88. The first kappa shape index (κ1) is 35.4. The van der Waals surface area contributed by atoms with Crippen molar-refractivity contribution in [2.75, 3.05) is 25.9 Å². The van der Waals surface area contributed by atoms with Crippen LogP contribution in [-0.2, 0) is 6.42 Å². The fourth-order valence-corrected chi connectivity index (χ4v) is 4.53. The number of halogens is 3. The molecule has 3 rings (SSSR count). The third kappa shape index (κ3) is 10.7. The Labute approximate surface area is 244 Å². The van der Waals surface area contributed by atoms with E-state index in [1.165, 1.54) is 46.0 Å². The van der Waals surface area contributed by atoms with Crippen LogP contribution in [0.1, 0.15) is 67.9 Å². The van der Waals surface area contributed by atoms with E-state index in [2.05, 4.69) is 73.8 Å². The topological polar surface area (TPSA) is 88.8 Å². The van der Waals surface area contributed by atoms with Gasteiger partial charge in [0.25, 0.3) is 0 Å². The van der Waals surface area contributed by atoms with Gasteiger partial charge in [-0.05, 0) is 72.6 Å². The second-order valence-corrected chi connectivity index (χ2v) is 9.44. The Morgan fingerprint density at radius 3 is 2.27 bits per heavy atom. The summed E-state index contributed by atoms with van der Waals surface area (Å²) in [6.45, 7) is 15.9. The molecule has 41 heavy (non-hydrogen) atoms. The van der Waals surface area contributed by atoms with E-state index in [-0.39, 0.29) is 6.42 Å². The van der Waals surface area contributed by atoms with Gasteiger partial charge in [-0.3, -0.25) is 4.99 Å². The van der Waals surface area contributed by atoms with Crippen LogP contribution in [0.3, 0.4) is 0 Å². The zero-order chi connectivity index (χ0) is 31.0. The average molecular weight is 570 g/mol. The second-order valence-electron chi connectivity index (χ2n) is 9.44. The highest BCUT2D eigenvalue weighted by molar-refractivity contribution is 6.08. The van der Waals surface area contributed by atoms with Gasteiger partial charge in [0.1, 0.15) is 0 Å². The Bertz CT molecular complexity index is 1250. The van der Waals surface area contributed by atoms with Crippen LogP contribution in [0.25, 0.3) is 11.6 Å². The molecule has 0 spiro atoms. The third-order valence-electron chi connectivity index (χ3n) is 7.00. The molecule has 0 atom stereocenters. The summed E-state index contributed by atoms with van der Waals surface area (Å²) in [6, 6.07) is 12.5. The molecule has 0 radical (unpaired) electrons. The normalized spacial score (nSPS) is 16.0. The van der Waals surface area contributed by atoms with E-state index in [4.69, 9.17) is 11.5 Å². The first-order valence-electron chi connectivity index (χ1n) is 13.9. The second kappa shape index (κ2) is 17.9. The molecular formula is C33H46F3N5. The van der Waals surface area contributed by atoms with Crippen molar-refractivity contribution in [1.82, 2.24) is 5.32 Å². The van der Waals surface area contributed by atoms with Gasteiger partial charge in [-0.25, -0.2) is 4.99 Å². The number of nitrogens with one attached hydrogen (secondary N) is 1. The number of nitrogen functional groups attached to an aromatic ring is 1. The van der Waals surface area contributed by atoms with Gasteiger partial charge in [0.15, 0.2) is 0 Å². The number of aryl methyl sites for hydroxylation is 2. The number of aliphatic imine (C=N–C) groups is 2. The zero-order valence-corrected chi connectivity index (χ0v) is 25.3. The maximum absolute atomic E-state index is 11.9. The van der Waals surface area contributed by atoms with E-state index in [0.29, 0.717) is 0 Å². The molecule has 0 bridgehead atoms. The van der Waals surface area contributed by atoms with E-state index in [9.17, 15) is 13.2 Å². The molecule has 2 aromatic rings. The van der Waals surface area contributed by atoms with Crippen LogP contribution >= 0.6 is 0 Å². The summed E-state index contributed by atoms with van der Waals surface area (Å²) in [5, 5.41) is 3.44. The van der Waals surface area contributed by atoms with Crippen LogP contribution in [0.5, 0.6) is 0 Å². The van der Waals surface area contributed by atoms with Crippen LogP contribution in [0.2, 0.25) is 0 Å². The number of hydrogen-bond donors (Lipinski definition) is 3. The lowest BCUT2D eigenvalue weighted by molar-refractivity contribution is -0.0937. The van der Waals surface area contributed by atoms with Crippen molar-refractivity contribution in [1.29, 1.82) is 0 Å². The van der Waals surface area contributed by atoms with Gasteiger partial charge in [0.05, 0.1) is 11.9 Å². The lowest BCUT2D eigenvalue weighted by atomic mass is 9.88. The number of hydrogen-bond acceptors (Lipinski definition) is 4. The number of nitrogens with zero attached hydrogens (tertiary/aromatic N) is 2. The molecule has 1 heterocycles. The summed E-state index contributed by atoms with van der Waals surface area (Å²) in [5.41, 5.74) is 21.3. The summed E-state index contributed by atoms with van der Waals surface area (Å²) in [5.74, 6) is 0. The first-order chi connectivity index (χ1) is 19.5. The van der Waals surface area contributed by atoms with Crippen LogP contribution < -0.4 is 16.8 Å². The van der Waals surface area contributed by atoms with E-state index >= 15 is 0 Å². The number of benzene rings is 2. The molecule has 0 amide bonds. The molecule has 0 unspecified atom stereocenters. The van der Waals surface area contributed by atoms with Gasteiger partial charge in [-0.1, -0.05) is 63.8 Å². The quantitative estimate of drug-likeness (QED) is 0.188. The van der Waals surface area contributed by atoms with Gasteiger partial charge < -0.3 is 16.8 Å². The number of nitrogens with two attached hydrogens (primary N) is 2. The molecule has 0 aliphatic carbocycles. The lowest BCUT2D eigenvalue weighted by Crippen LogP contribution is -2.31. The van der Waals surface area contributed by atoms with Crippen molar-refractivity contribution in [2.24, 2.45) is 15.7 Å². The highest BCUT2D eigenvalue weighted by Crippen LogP contribution is 2.31. The minimum Gasteiger partial charge on any atom is -0.398 e. The fourth-order valence-electron chi connectivity index (χ4n) is 4.53. The number of allylic oxidation sites excluding steroid dienone is 2. The Morgan fingerprint density at radius 2 is 1.76 bits per heavy atom. The van der Waals surface area contributed by atoms with E-state index in [1.54, 1.807) is 0 Å². The SMILES string of the molecule is C=Cc1c(N)cccc1/C(CC)=C1\CNCCC1=NC.CC/C(=C\N=CN)C(F)(F)F.CCc1cccc(C)c1C. The maximum Gasteiger partial charge on any atom is 0.414 e. The molecule has 5 nitrogen and oxygen atoms in total. The minimum absolute atomic E-state index is 0.0964. The molecule has 1 fully saturated rings. The van der Waals surface area contributed by atoms with Crippen molar-refractivity contribution in [3.8, 4) is 0 Å². The summed E-state index contributed by atoms with van der Waals surface area (Å²) < 4.78 is 35.6. The molecule has 1 saturated heterocycles. The maximum atomic E-state index is 11.9. The Kier molecular flexibility index (Phi) is 15.5. The zero-order valence-electron chi connectivity index (χ0n) is 25.3. The Balaban J connectivity index is 0.000000339. The Hall–Kier alpha value is -3.65. The van der Waals surface area contributed by atoms with Crippen LogP contribution in [0, 0.1) is 13.8 Å². The molecule has 8 heteroatoms. The smallest absolute Gasteiger partial charge is 0.398 e. The molecule has 5 N–H and O–H groups in total. The summed E-state index contributed by atoms with van der Waals surface area (Å²) in [4.78, 5) is 7.64. The van der Waals surface area contributed by atoms with Gasteiger partial charge in [-0.15, -0.1) is 0 Å². The van der Waals surface area contributed by atoms with Crippen LogP contribution in [0.4, 0.5) is 18.9 Å². The van der Waals surface area contributed by atoms with Crippen LogP contribution in [-0.4, -0.2) is 38.4 Å². The number of alkyl halides is 3. The van der Waals surface area contributed by atoms with Crippen molar-refractivity contribution in [3.63, 3.8) is 0 Å². The van der Waals surface area contributed by atoms with E-state index in [1.807, 2.05) is 25.3 Å². The average Bonchev–Trinajstić information content (AvgIpc) is 2.96. The van der Waals surface area contributed by atoms with Crippen molar-refractivity contribution in [3.05, 3.63) is 88.1 Å². The number of rotatable bonds is 6. The third-order valence-corrected chi connectivity index (χ3v) is 7.00. The van der Waals surface area contributed by atoms with Crippen molar-refractivity contribution >= 4 is 29.4 Å². The summed E-state index contributed by atoms with van der Waals surface area (Å²) in [6.07, 6.45) is 2.10. The first-order valence-corrected chi connectivity index (χ1v) is 13.9. The van der Waals surface area contributed by atoms with Gasteiger partial charge in [0.2, 0.25) is 0 Å². The standard InChI is InChI=1S/C17H23N3.C10H14.C6H9F3N2/c1-4-12(15-11-20-10-9-17(15)19-3)14-7-6-8-16(18)13(14)5-2;1-4-10-7-5-6-8(2)9(10)3;1-2-5(3-11-4-10)6(7,8)9/h5-8,20H,2,4,9-11,18H2,1,3H3;5-7H,4H2,1-3H3;3-4H,2H2,1H3,(H2,10,11)/b15-12+,19-17?;;5-3+. The highest BCUT2D eigenvalue weighted by Gasteiger charge is 2.31. The molecule has 1 aliphatic heterocycles. The fraction of sp³-hybridized carbons (Fsp3) is 0.394. The largest absolute Gasteiger partial charge is 0.414 e. The highest BCUT2D eigenvalue weighted by atomic mass is 19.4. The molecule has 224 valence electrons. The minimum atomic E-state index is -4.29. The van der Waals surface area contributed by atoms with Crippen LogP contribution in [0.15, 0.2) is 70.3 Å². The number of anilines is 1. The van der Waals surface area contributed by atoms with E-state index in [0.717, 1.165) is 56.1 Å². The molecule has 0 aromatic heterocycles. The summed E-state index contributed by atoms with van der Waals surface area (Å²) >= 11 is 0. The van der Waals surface area contributed by atoms with Crippen molar-refractivity contribution < 1.29 is 13.2 Å². The lowest BCUT2D eigenvalue weighted by Gasteiger charge is -2.23. The Morgan fingerprint density at radius 1 is 1.07 bits per heavy atom. The van der Waals surface area contributed by atoms with Crippen molar-refractivity contribution in [2.45, 2.75) is 66.5 Å². The molecular weight excluding hydrogens is 523 g/mol. The monoisotopic (exact) mass is 569 g/mol. The van der Waals surface area contributed by atoms with Gasteiger partial charge in [0, 0.05) is 49.7 Å².